The molecule has 0 amide bonds. The van der Waals surface area contributed by atoms with Crippen molar-refractivity contribution in [3.05, 3.63) is 112 Å². The van der Waals surface area contributed by atoms with Crippen LogP contribution >= 0.6 is 12.2 Å². The van der Waals surface area contributed by atoms with Crippen LogP contribution in [0.1, 0.15) is 58.3 Å². The maximum atomic E-state index is 5.93. The Kier molecular flexibility index (Phi) is 7.02. The number of aryl methyl sites for hydroxylation is 3. The number of hydrogen-bond donors (Lipinski definition) is 1. The van der Waals surface area contributed by atoms with Crippen LogP contribution in [0.2, 0.25) is 0 Å². The summed E-state index contributed by atoms with van der Waals surface area (Å²) in [5, 5.41) is 4.34. The van der Waals surface area contributed by atoms with Crippen LogP contribution in [0, 0.1) is 20.8 Å². The number of ether oxygens (including phenoxy) is 1. The summed E-state index contributed by atoms with van der Waals surface area (Å²) in [5.74, 6) is 0.849. The zero-order valence-electron chi connectivity index (χ0n) is 22.2. The van der Waals surface area contributed by atoms with E-state index >= 15 is 0 Å². The average molecular weight is 511 g/mol. The molecule has 1 saturated heterocycles. The third kappa shape index (κ3) is 4.62. The summed E-state index contributed by atoms with van der Waals surface area (Å²) in [6.45, 7) is 9.55. The average Bonchev–Trinajstić information content (AvgIpc) is 3.39. The number of pyridine rings is 1. The van der Waals surface area contributed by atoms with Crippen molar-refractivity contribution in [3.8, 4) is 11.4 Å². The van der Waals surface area contributed by atoms with Crippen molar-refractivity contribution in [3.63, 3.8) is 0 Å². The van der Waals surface area contributed by atoms with Crippen LogP contribution in [-0.2, 0) is 13.0 Å². The zero-order chi connectivity index (χ0) is 26.1. The number of rotatable bonds is 7. The molecule has 1 aliphatic heterocycles. The minimum Gasteiger partial charge on any atom is -0.497 e. The molecule has 5 nitrogen and oxygen atoms in total. The van der Waals surface area contributed by atoms with Crippen LogP contribution in [0.25, 0.3) is 5.69 Å². The van der Waals surface area contributed by atoms with E-state index in [1.807, 2.05) is 30.5 Å². The Morgan fingerprint density at radius 2 is 1.78 bits per heavy atom. The molecular weight excluding hydrogens is 476 g/mol. The van der Waals surface area contributed by atoms with Gasteiger partial charge in [0.25, 0.3) is 0 Å². The summed E-state index contributed by atoms with van der Waals surface area (Å²) in [5.41, 5.74) is 9.81. The third-order valence-electron chi connectivity index (χ3n) is 7.42. The Labute approximate surface area is 225 Å². The Hall–Kier alpha value is -3.64. The number of nitrogens with one attached hydrogen (secondary N) is 1. The number of nitrogens with zero attached hydrogens (tertiary/aromatic N) is 3. The molecule has 1 aliphatic rings. The Morgan fingerprint density at radius 3 is 2.46 bits per heavy atom. The highest BCUT2D eigenvalue weighted by atomic mass is 32.1. The molecule has 1 N–H and O–H groups in total. The lowest BCUT2D eigenvalue weighted by atomic mass is 9.96. The second-order valence-electron chi connectivity index (χ2n) is 9.70. The normalized spacial score (nSPS) is 17.2. The van der Waals surface area contributed by atoms with E-state index in [-0.39, 0.29) is 12.1 Å². The molecule has 37 heavy (non-hydrogen) atoms. The number of hydrogen-bond acceptors (Lipinski definition) is 3. The van der Waals surface area contributed by atoms with E-state index in [2.05, 4.69) is 84.9 Å². The highest BCUT2D eigenvalue weighted by Gasteiger charge is 2.41. The van der Waals surface area contributed by atoms with E-state index in [1.54, 1.807) is 7.11 Å². The lowest BCUT2D eigenvalue weighted by Gasteiger charge is -2.28. The molecule has 0 aliphatic carbocycles. The lowest BCUT2D eigenvalue weighted by Crippen LogP contribution is -2.29. The summed E-state index contributed by atoms with van der Waals surface area (Å²) in [4.78, 5) is 7.03. The number of benzene rings is 2. The van der Waals surface area contributed by atoms with Gasteiger partial charge in [-0.25, -0.2) is 0 Å². The first kappa shape index (κ1) is 25.0. The van der Waals surface area contributed by atoms with Gasteiger partial charge in [0.1, 0.15) is 5.75 Å². The number of methoxy groups -OCH3 is 1. The van der Waals surface area contributed by atoms with Crippen LogP contribution in [0.5, 0.6) is 5.75 Å². The molecule has 0 spiro atoms. The SMILES string of the molecule is CCc1cccc(C)c1-n1c(C)cc([C@@H]2[C@@H](c3ccccn3)NC(=S)N2Cc2ccc(OC)cc2)c1C. The van der Waals surface area contributed by atoms with Gasteiger partial charge in [0.15, 0.2) is 5.11 Å². The lowest BCUT2D eigenvalue weighted by molar-refractivity contribution is 0.310. The van der Waals surface area contributed by atoms with Crippen LogP contribution < -0.4 is 10.1 Å². The first-order chi connectivity index (χ1) is 17.9. The van der Waals surface area contributed by atoms with E-state index in [4.69, 9.17) is 21.9 Å². The van der Waals surface area contributed by atoms with Gasteiger partial charge in [-0.15, -0.1) is 0 Å². The second kappa shape index (κ2) is 10.4. The smallest absolute Gasteiger partial charge is 0.170 e. The molecular formula is C31H34N4OS. The van der Waals surface area contributed by atoms with Gasteiger partial charge in [-0.2, -0.15) is 0 Å². The first-order valence-corrected chi connectivity index (χ1v) is 13.2. The Bertz CT molecular complexity index is 1410. The number of aromatic nitrogens is 2. The molecule has 2 atom stereocenters. The molecule has 2 aromatic heterocycles. The second-order valence-corrected chi connectivity index (χ2v) is 10.1. The quantitative estimate of drug-likeness (QED) is 0.286. The standard InChI is InChI=1S/C31H34N4OS/c1-6-24-11-9-10-20(2)29(24)35-21(3)18-26(22(35)4)30-28(27-12-7-8-17-32-27)33-31(37)34(30)19-23-13-15-25(36-5)16-14-23/h7-18,28,30H,6,19H2,1-5H3,(H,33,37)/t28-,30-/m1/s1. The molecule has 6 heteroatoms. The van der Waals surface area contributed by atoms with Gasteiger partial charge >= 0.3 is 0 Å². The summed E-state index contributed by atoms with van der Waals surface area (Å²) in [7, 11) is 1.69. The highest BCUT2D eigenvalue weighted by molar-refractivity contribution is 7.80. The minimum atomic E-state index is -0.0524. The van der Waals surface area contributed by atoms with Gasteiger partial charge < -0.3 is 19.5 Å². The molecule has 5 rings (SSSR count). The molecule has 2 aromatic carbocycles. The van der Waals surface area contributed by atoms with Gasteiger partial charge in [-0.1, -0.05) is 43.3 Å². The summed E-state index contributed by atoms with van der Waals surface area (Å²) in [6.07, 6.45) is 2.84. The van der Waals surface area contributed by atoms with Gasteiger partial charge in [0.2, 0.25) is 0 Å². The largest absolute Gasteiger partial charge is 0.497 e. The van der Waals surface area contributed by atoms with Crippen LogP contribution in [0.3, 0.4) is 0 Å². The molecule has 3 heterocycles. The number of para-hydroxylation sites is 1. The van der Waals surface area contributed by atoms with Gasteiger partial charge in [0, 0.05) is 24.1 Å². The van der Waals surface area contributed by atoms with Crippen LogP contribution in [-0.4, -0.2) is 26.7 Å². The fourth-order valence-electron chi connectivity index (χ4n) is 5.60. The van der Waals surface area contributed by atoms with E-state index in [9.17, 15) is 0 Å². The van der Waals surface area contributed by atoms with E-state index in [0.717, 1.165) is 23.0 Å². The molecule has 0 saturated carbocycles. The van der Waals surface area contributed by atoms with Crippen molar-refractivity contribution in [2.75, 3.05) is 7.11 Å². The maximum Gasteiger partial charge on any atom is 0.170 e. The van der Waals surface area contributed by atoms with Crippen molar-refractivity contribution in [1.82, 2.24) is 19.8 Å². The van der Waals surface area contributed by atoms with E-state index in [0.29, 0.717) is 6.54 Å². The molecule has 0 radical (unpaired) electrons. The monoisotopic (exact) mass is 510 g/mol. The molecule has 0 bridgehead atoms. The number of thiocarbonyl (C=S) groups is 1. The van der Waals surface area contributed by atoms with Gasteiger partial charge in [-0.3, -0.25) is 4.98 Å². The zero-order valence-corrected chi connectivity index (χ0v) is 23.0. The maximum absolute atomic E-state index is 5.93. The molecule has 190 valence electrons. The third-order valence-corrected chi connectivity index (χ3v) is 7.78. The first-order valence-electron chi connectivity index (χ1n) is 12.8. The van der Waals surface area contributed by atoms with Crippen molar-refractivity contribution in [2.24, 2.45) is 0 Å². The molecule has 4 aromatic rings. The molecule has 1 fully saturated rings. The fraction of sp³-hybridized carbons (Fsp3) is 0.290. The van der Waals surface area contributed by atoms with Crippen molar-refractivity contribution < 1.29 is 4.74 Å². The fourth-order valence-corrected chi connectivity index (χ4v) is 5.90. The van der Waals surface area contributed by atoms with Crippen molar-refractivity contribution in [1.29, 1.82) is 0 Å². The highest BCUT2D eigenvalue weighted by Crippen LogP contribution is 2.42. The predicted molar refractivity (Wildman–Crippen MR) is 153 cm³/mol. The van der Waals surface area contributed by atoms with Crippen LogP contribution in [0.15, 0.2) is 72.9 Å². The van der Waals surface area contributed by atoms with Gasteiger partial charge in [0.05, 0.1) is 30.6 Å². The van der Waals surface area contributed by atoms with Gasteiger partial charge in [-0.05, 0) is 92.0 Å². The summed E-state index contributed by atoms with van der Waals surface area (Å²) < 4.78 is 7.79. The van der Waals surface area contributed by atoms with E-state index in [1.165, 1.54) is 39.3 Å². The Morgan fingerprint density at radius 1 is 1.00 bits per heavy atom. The van der Waals surface area contributed by atoms with E-state index < -0.39 is 0 Å². The Balaban J connectivity index is 1.63. The predicted octanol–water partition coefficient (Wildman–Crippen LogP) is 6.54. The summed E-state index contributed by atoms with van der Waals surface area (Å²) >= 11 is 5.93. The van der Waals surface area contributed by atoms with Crippen molar-refractivity contribution in [2.45, 2.75) is 52.7 Å². The van der Waals surface area contributed by atoms with Crippen molar-refractivity contribution >= 4 is 17.3 Å². The minimum absolute atomic E-state index is 0.00135. The molecule has 0 unspecified atom stereocenters. The topological polar surface area (TPSA) is 42.3 Å². The summed E-state index contributed by atoms with van der Waals surface area (Å²) in [6, 6.07) is 23.2. The van der Waals surface area contributed by atoms with Crippen LogP contribution in [0.4, 0.5) is 0 Å².